The van der Waals surface area contributed by atoms with E-state index in [1.165, 1.54) is 0 Å². The predicted molar refractivity (Wildman–Crippen MR) is 39.5 cm³/mol. The average Bonchev–Trinajstić information content (AvgIpc) is 1.84. The van der Waals surface area contributed by atoms with Crippen molar-refractivity contribution in [2.75, 3.05) is 0 Å². The number of hydrogen-bond acceptors (Lipinski definition) is 2. The lowest BCUT2D eigenvalue weighted by Crippen LogP contribution is -1.96. The summed E-state index contributed by atoms with van der Waals surface area (Å²) in [5.41, 5.74) is 0.638. The first-order valence-corrected chi connectivity index (χ1v) is 3.06. The van der Waals surface area contributed by atoms with Crippen molar-refractivity contribution in [3.8, 4) is 0 Å². The van der Waals surface area contributed by atoms with Crippen LogP contribution in [0.5, 0.6) is 0 Å². The van der Waals surface area contributed by atoms with Gasteiger partial charge in [-0.15, -0.1) is 0 Å². The minimum atomic E-state index is -0.270. The Morgan fingerprint density at radius 3 is 2.38 bits per heavy atom. The van der Waals surface area contributed by atoms with Crippen LogP contribution in [-0.2, 0) is 7.86 Å². The van der Waals surface area contributed by atoms with E-state index in [0.717, 1.165) is 0 Å². The molecule has 0 atom stereocenters. The normalized spacial score (nSPS) is 11.1. The largest absolute Gasteiger partial charge is 0.391 e. The molecule has 0 aliphatic heterocycles. The van der Waals surface area contributed by atoms with Crippen molar-refractivity contribution in [3.05, 3.63) is 11.6 Å². The molecule has 0 aromatic rings. The molecular formula is C5H7IO2. The van der Waals surface area contributed by atoms with Gasteiger partial charge in [-0.1, -0.05) is 6.08 Å². The lowest BCUT2D eigenvalue weighted by Gasteiger charge is -1.90. The zero-order valence-corrected chi connectivity index (χ0v) is 6.93. The van der Waals surface area contributed by atoms with E-state index in [1.807, 2.05) is 0 Å². The fourth-order valence-electron chi connectivity index (χ4n) is 0.179. The topological polar surface area (TPSA) is 26.3 Å². The molecule has 0 aliphatic rings. The predicted octanol–water partition coefficient (Wildman–Crippen LogP) is 1.85. The second-order valence-corrected chi connectivity index (χ2v) is 1.78. The van der Waals surface area contributed by atoms with Gasteiger partial charge in [0, 0.05) is 5.57 Å². The number of carbonyl (C=O) groups is 1. The van der Waals surface area contributed by atoms with Crippen LogP contribution in [0.25, 0.3) is 0 Å². The average molecular weight is 226 g/mol. The van der Waals surface area contributed by atoms with Gasteiger partial charge < -0.3 is 3.07 Å². The second-order valence-electron chi connectivity index (χ2n) is 1.34. The molecule has 8 heavy (non-hydrogen) atoms. The Bertz CT molecular complexity index is 118. The van der Waals surface area contributed by atoms with Crippen molar-refractivity contribution in [1.82, 2.24) is 0 Å². The molecule has 0 N–H and O–H groups in total. The Morgan fingerprint density at radius 2 is 2.25 bits per heavy atom. The van der Waals surface area contributed by atoms with Crippen molar-refractivity contribution in [1.29, 1.82) is 0 Å². The van der Waals surface area contributed by atoms with Gasteiger partial charge >= 0.3 is 5.97 Å². The zero-order chi connectivity index (χ0) is 6.57. The van der Waals surface area contributed by atoms with Crippen LogP contribution in [0.2, 0.25) is 0 Å². The third kappa shape index (κ3) is 2.30. The highest BCUT2D eigenvalue weighted by Crippen LogP contribution is 1.98. The van der Waals surface area contributed by atoms with E-state index in [9.17, 15) is 4.79 Å². The Kier molecular flexibility index (Phi) is 3.85. The van der Waals surface area contributed by atoms with E-state index in [0.29, 0.717) is 5.57 Å². The third-order valence-corrected chi connectivity index (χ3v) is 1.23. The molecule has 0 radical (unpaired) electrons. The zero-order valence-electron chi connectivity index (χ0n) is 4.77. The maximum atomic E-state index is 10.4. The molecule has 0 fully saturated rings. The van der Waals surface area contributed by atoms with Crippen molar-refractivity contribution >= 4 is 29.0 Å². The molecule has 0 aromatic heterocycles. The van der Waals surface area contributed by atoms with Gasteiger partial charge in [0.2, 0.25) is 0 Å². The van der Waals surface area contributed by atoms with Crippen LogP contribution in [0.1, 0.15) is 13.8 Å². The highest BCUT2D eigenvalue weighted by molar-refractivity contribution is 14.1. The van der Waals surface area contributed by atoms with Crippen LogP contribution in [-0.4, -0.2) is 5.97 Å². The van der Waals surface area contributed by atoms with Gasteiger partial charge in [0.25, 0.3) is 0 Å². The molecule has 3 heteroatoms. The summed E-state index contributed by atoms with van der Waals surface area (Å²) in [5, 5.41) is 0. The Morgan fingerprint density at radius 1 is 1.75 bits per heavy atom. The number of allylic oxidation sites excluding steroid dienone is 1. The van der Waals surface area contributed by atoms with Crippen LogP contribution in [0.15, 0.2) is 11.6 Å². The molecule has 0 aromatic carbocycles. The van der Waals surface area contributed by atoms with Gasteiger partial charge in [-0.05, 0) is 13.8 Å². The fraction of sp³-hybridized carbons (Fsp3) is 0.400. The summed E-state index contributed by atoms with van der Waals surface area (Å²) in [4.78, 5) is 10.4. The van der Waals surface area contributed by atoms with Crippen LogP contribution in [0.4, 0.5) is 0 Å². The van der Waals surface area contributed by atoms with Crippen LogP contribution in [0, 0.1) is 0 Å². The number of carbonyl (C=O) groups excluding carboxylic acids is 1. The second kappa shape index (κ2) is 3.88. The maximum absolute atomic E-state index is 10.4. The summed E-state index contributed by atoms with van der Waals surface area (Å²) in [6, 6.07) is 0. The lowest BCUT2D eigenvalue weighted by atomic mass is 10.3. The van der Waals surface area contributed by atoms with Crippen LogP contribution < -0.4 is 0 Å². The molecule has 0 saturated heterocycles. The van der Waals surface area contributed by atoms with Gasteiger partial charge in [0.1, 0.15) is 0 Å². The van der Waals surface area contributed by atoms with Crippen LogP contribution >= 0.6 is 23.0 Å². The molecule has 0 rings (SSSR count). The summed E-state index contributed by atoms with van der Waals surface area (Å²) in [6.45, 7) is 3.50. The maximum Gasteiger partial charge on any atom is 0.342 e. The van der Waals surface area contributed by atoms with E-state index < -0.39 is 0 Å². The first kappa shape index (κ1) is 7.94. The van der Waals surface area contributed by atoms with E-state index >= 15 is 0 Å². The van der Waals surface area contributed by atoms with E-state index in [4.69, 9.17) is 0 Å². The Balaban J connectivity index is 3.83. The first-order chi connectivity index (χ1) is 3.72. The van der Waals surface area contributed by atoms with Crippen molar-refractivity contribution in [2.45, 2.75) is 13.8 Å². The van der Waals surface area contributed by atoms with Gasteiger partial charge in [-0.2, -0.15) is 0 Å². The summed E-state index contributed by atoms with van der Waals surface area (Å²) in [6.07, 6.45) is 1.71. The standard InChI is InChI=1S/C5H7IO2/c1-3-4(2)5(7)8-6/h3H,1-2H3/b4-3-. The van der Waals surface area contributed by atoms with Crippen LogP contribution in [0.3, 0.4) is 0 Å². The minimum Gasteiger partial charge on any atom is -0.391 e. The Hall–Kier alpha value is -0.0600. The third-order valence-electron chi connectivity index (χ3n) is 0.825. The first-order valence-electron chi connectivity index (χ1n) is 2.18. The quantitative estimate of drug-likeness (QED) is 0.503. The van der Waals surface area contributed by atoms with Crippen molar-refractivity contribution in [3.63, 3.8) is 0 Å². The lowest BCUT2D eigenvalue weighted by molar-refractivity contribution is -0.127. The van der Waals surface area contributed by atoms with Crippen molar-refractivity contribution < 1.29 is 7.86 Å². The van der Waals surface area contributed by atoms with Gasteiger partial charge in [-0.3, -0.25) is 0 Å². The monoisotopic (exact) mass is 226 g/mol. The van der Waals surface area contributed by atoms with Gasteiger partial charge in [0.15, 0.2) is 23.0 Å². The summed E-state index contributed by atoms with van der Waals surface area (Å²) < 4.78 is 4.37. The van der Waals surface area contributed by atoms with Crippen molar-refractivity contribution in [2.24, 2.45) is 0 Å². The SMILES string of the molecule is C/C=C(/C)C(=O)OI. The fourth-order valence-corrected chi connectivity index (χ4v) is 0.526. The van der Waals surface area contributed by atoms with Gasteiger partial charge in [0.05, 0.1) is 0 Å². The summed E-state index contributed by atoms with van der Waals surface area (Å²) >= 11 is 1.56. The molecule has 46 valence electrons. The molecule has 2 nitrogen and oxygen atoms in total. The molecule has 0 aliphatic carbocycles. The molecule has 0 amide bonds. The number of halogens is 1. The smallest absolute Gasteiger partial charge is 0.342 e. The minimum absolute atomic E-state index is 0.270. The highest BCUT2D eigenvalue weighted by Gasteiger charge is 1.99. The number of rotatable bonds is 1. The molecule has 0 heterocycles. The van der Waals surface area contributed by atoms with E-state index in [1.54, 1.807) is 42.9 Å². The van der Waals surface area contributed by atoms with Gasteiger partial charge in [-0.25, -0.2) is 4.79 Å². The molecule has 0 spiro atoms. The summed E-state index contributed by atoms with van der Waals surface area (Å²) in [5.74, 6) is -0.270. The summed E-state index contributed by atoms with van der Waals surface area (Å²) in [7, 11) is 0. The van der Waals surface area contributed by atoms with E-state index in [-0.39, 0.29) is 5.97 Å². The molecular weight excluding hydrogens is 219 g/mol. The molecule has 0 saturated carbocycles. The molecule has 0 bridgehead atoms. The molecule has 0 unspecified atom stereocenters. The number of hydrogen-bond donors (Lipinski definition) is 0. The highest BCUT2D eigenvalue weighted by atomic mass is 127. The van der Waals surface area contributed by atoms with E-state index in [2.05, 4.69) is 3.07 Å². The Labute approximate surface area is 62.6 Å².